The first-order chi connectivity index (χ1) is 7.72. The zero-order valence-electron chi connectivity index (χ0n) is 9.00. The highest BCUT2D eigenvalue weighted by Crippen LogP contribution is 2.43. The molecule has 0 unspecified atom stereocenters. The average Bonchev–Trinajstić information content (AvgIpc) is 2.84. The first-order valence-electron chi connectivity index (χ1n) is 5.32. The summed E-state index contributed by atoms with van der Waals surface area (Å²) in [6.07, 6.45) is 1.86. The fourth-order valence-electron chi connectivity index (χ4n) is 2.61. The number of benzene rings is 1. The predicted octanol–water partition coefficient (Wildman–Crippen LogP) is 2.65. The van der Waals surface area contributed by atoms with Gasteiger partial charge in [0.15, 0.2) is 0 Å². The molecule has 0 saturated carbocycles. The van der Waals surface area contributed by atoms with Gasteiger partial charge in [0.25, 0.3) is 0 Å². The van der Waals surface area contributed by atoms with E-state index < -0.39 is 0 Å². The molecule has 0 radical (unpaired) electrons. The van der Waals surface area contributed by atoms with Crippen molar-refractivity contribution < 1.29 is 5.11 Å². The van der Waals surface area contributed by atoms with Gasteiger partial charge in [-0.15, -0.1) is 11.6 Å². The van der Waals surface area contributed by atoms with Crippen molar-refractivity contribution in [1.82, 2.24) is 4.98 Å². The minimum atomic E-state index is 0.306. The lowest BCUT2D eigenvalue weighted by Crippen LogP contribution is -2.15. The van der Waals surface area contributed by atoms with Crippen LogP contribution < -0.4 is 4.90 Å². The summed E-state index contributed by atoms with van der Waals surface area (Å²) in [4.78, 5) is 5.21. The number of phenols is 1. The Labute approximate surface area is 98.6 Å². The van der Waals surface area contributed by atoms with Crippen LogP contribution in [0.2, 0.25) is 0 Å². The quantitative estimate of drug-likeness (QED) is 0.748. The van der Waals surface area contributed by atoms with Crippen molar-refractivity contribution >= 4 is 28.2 Å². The molecule has 1 atom stereocenters. The molecule has 0 spiro atoms. The van der Waals surface area contributed by atoms with Crippen LogP contribution >= 0.6 is 11.6 Å². The normalized spacial score (nSPS) is 19.4. The van der Waals surface area contributed by atoms with Gasteiger partial charge in [-0.2, -0.15) is 0 Å². The summed E-state index contributed by atoms with van der Waals surface area (Å²) < 4.78 is 0. The largest absolute Gasteiger partial charge is 0.506 e. The molecule has 1 aliphatic rings. The van der Waals surface area contributed by atoms with Gasteiger partial charge in [-0.25, -0.2) is 0 Å². The Hall–Kier alpha value is -1.35. The first kappa shape index (κ1) is 9.85. The highest BCUT2D eigenvalue weighted by atomic mass is 35.5. The standard InChI is InChI=1S/C12H13ClN2O/c1-15-6-7(5-13)11-8-2-3-14-12(8)10(16)4-9(11)15/h2-4,7,14,16H,5-6H2,1H3/t7-/m1/s1. The van der Waals surface area contributed by atoms with Crippen molar-refractivity contribution in [2.75, 3.05) is 24.4 Å². The van der Waals surface area contributed by atoms with E-state index in [1.165, 1.54) is 5.56 Å². The van der Waals surface area contributed by atoms with Crippen LogP contribution in [0.15, 0.2) is 18.3 Å². The lowest BCUT2D eigenvalue weighted by atomic mass is 9.99. The number of alkyl halides is 1. The zero-order valence-corrected chi connectivity index (χ0v) is 9.75. The van der Waals surface area contributed by atoms with Gasteiger partial charge in [-0.05, 0) is 11.6 Å². The second-order valence-corrected chi connectivity index (χ2v) is 4.64. The van der Waals surface area contributed by atoms with Gasteiger partial charge in [-0.3, -0.25) is 0 Å². The topological polar surface area (TPSA) is 39.3 Å². The molecule has 0 amide bonds. The van der Waals surface area contributed by atoms with E-state index in [0.29, 0.717) is 17.5 Å². The minimum Gasteiger partial charge on any atom is -0.506 e. The molecule has 0 saturated heterocycles. The lowest BCUT2D eigenvalue weighted by molar-refractivity contribution is 0.480. The number of aromatic amines is 1. The third kappa shape index (κ3) is 1.15. The van der Waals surface area contributed by atoms with E-state index in [-0.39, 0.29) is 0 Å². The Morgan fingerprint density at radius 3 is 3.19 bits per heavy atom. The highest BCUT2D eigenvalue weighted by Gasteiger charge is 2.29. The van der Waals surface area contributed by atoms with Crippen LogP contribution in [0, 0.1) is 0 Å². The van der Waals surface area contributed by atoms with Crippen molar-refractivity contribution in [3.63, 3.8) is 0 Å². The fraction of sp³-hybridized carbons (Fsp3) is 0.333. The van der Waals surface area contributed by atoms with Crippen LogP contribution in [0.4, 0.5) is 5.69 Å². The maximum atomic E-state index is 9.91. The summed E-state index contributed by atoms with van der Waals surface area (Å²) in [6.45, 7) is 0.919. The molecule has 0 aliphatic carbocycles. The van der Waals surface area contributed by atoms with Crippen LogP contribution in [0.25, 0.3) is 10.9 Å². The summed E-state index contributed by atoms with van der Waals surface area (Å²) in [6, 6.07) is 3.83. The van der Waals surface area contributed by atoms with Crippen molar-refractivity contribution in [3.05, 3.63) is 23.9 Å². The number of anilines is 1. The predicted molar refractivity (Wildman–Crippen MR) is 66.7 cm³/mol. The summed E-state index contributed by atoms with van der Waals surface area (Å²) >= 11 is 6.01. The maximum Gasteiger partial charge on any atom is 0.141 e. The Bertz CT molecular complexity index is 549. The summed E-state index contributed by atoms with van der Waals surface area (Å²) in [7, 11) is 2.03. The number of H-pyrrole nitrogens is 1. The number of aromatic nitrogens is 1. The Morgan fingerprint density at radius 2 is 2.44 bits per heavy atom. The zero-order chi connectivity index (χ0) is 11.3. The molecule has 3 nitrogen and oxygen atoms in total. The molecule has 2 N–H and O–H groups in total. The average molecular weight is 237 g/mol. The van der Waals surface area contributed by atoms with Gasteiger partial charge in [-0.1, -0.05) is 0 Å². The maximum absolute atomic E-state index is 9.91. The number of nitrogens with zero attached hydrogens (tertiary/aromatic N) is 1. The van der Waals surface area contributed by atoms with Gasteiger partial charge in [0.1, 0.15) is 5.75 Å². The molecule has 84 valence electrons. The van der Waals surface area contributed by atoms with Gasteiger partial charge in [0, 0.05) is 48.7 Å². The third-order valence-corrected chi connectivity index (χ3v) is 3.72. The number of aromatic hydroxyl groups is 1. The number of nitrogens with one attached hydrogen (secondary N) is 1. The molecule has 1 aromatic carbocycles. The van der Waals surface area contributed by atoms with Gasteiger partial charge in [0.05, 0.1) is 5.52 Å². The number of phenolic OH excluding ortho intramolecular Hbond substituents is 1. The number of likely N-dealkylation sites (N-methyl/N-ethyl adjacent to an activating group) is 1. The van der Waals surface area contributed by atoms with Crippen molar-refractivity contribution in [3.8, 4) is 5.75 Å². The number of rotatable bonds is 1. The minimum absolute atomic E-state index is 0.306. The molecule has 0 bridgehead atoms. The lowest BCUT2D eigenvalue weighted by Gasteiger charge is -2.12. The summed E-state index contributed by atoms with van der Waals surface area (Å²) in [5, 5.41) is 11.0. The van der Waals surface area contributed by atoms with E-state index in [2.05, 4.69) is 9.88 Å². The molecular formula is C12H13ClN2O. The number of hydrogen-bond donors (Lipinski definition) is 2. The number of fused-ring (bicyclic) bond motifs is 3. The number of hydrogen-bond acceptors (Lipinski definition) is 2. The van der Waals surface area contributed by atoms with Crippen molar-refractivity contribution in [1.29, 1.82) is 0 Å². The molecule has 0 fully saturated rings. The molecule has 1 aliphatic heterocycles. The van der Waals surface area contributed by atoms with E-state index in [4.69, 9.17) is 11.6 Å². The molecule has 2 aromatic rings. The Balaban J connectivity index is 2.36. The fourth-order valence-corrected chi connectivity index (χ4v) is 2.87. The number of halogens is 1. The molecule has 1 aromatic heterocycles. The van der Waals surface area contributed by atoms with E-state index >= 15 is 0 Å². The molecule has 16 heavy (non-hydrogen) atoms. The second kappa shape index (κ2) is 3.32. The van der Waals surface area contributed by atoms with E-state index in [0.717, 1.165) is 23.1 Å². The smallest absolute Gasteiger partial charge is 0.141 e. The summed E-state index contributed by atoms with van der Waals surface area (Å²) in [5.74, 6) is 1.27. The highest BCUT2D eigenvalue weighted by molar-refractivity contribution is 6.18. The molecule has 3 rings (SSSR count). The summed E-state index contributed by atoms with van der Waals surface area (Å²) in [5.41, 5.74) is 3.16. The third-order valence-electron chi connectivity index (χ3n) is 3.34. The van der Waals surface area contributed by atoms with E-state index in [9.17, 15) is 5.11 Å². The van der Waals surface area contributed by atoms with E-state index in [1.54, 1.807) is 0 Å². The van der Waals surface area contributed by atoms with Crippen LogP contribution in [0.3, 0.4) is 0 Å². The van der Waals surface area contributed by atoms with Crippen molar-refractivity contribution in [2.24, 2.45) is 0 Å². The Morgan fingerprint density at radius 1 is 1.62 bits per heavy atom. The van der Waals surface area contributed by atoms with E-state index in [1.807, 2.05) is 25.4 Å². The first-order valence-corrected chi connectivity index (χ1v) is 5.86. The van der Waals surface area contributed by atoms with Crippen LogP contribution in [0.1, 0.15) is 11.5 Å². The monoisotopic (exact) mass is 236 g/mol. The Kier molecular flexibility index (Phi) is 2.04. The molecule has 4 heteroatoms. The van der Waals surface area contributed by atoms with Gasteiger partial charge < -0.3 is 15.0 Å². The van der Waals surface area contributed by atoms with Crippen LogP contribution in [-0.2, 0) is 0 Å². The second-order valence-electron chi connectivity index (χ2n) is 4.33. The SMILES string of the molecule is CN1C[C@@H](CCl)c2c1cc(O)c1[nH]ccc21. The van der Waals surface area contributed by atoms with Crippen molar-refractivity contribution in [2.45, 2.75) is 5.92 Å². The van der Waals surface area contributed by atoms with Gasteiger partial charge >= 0.3 is 0 Å². The van der Waals surface area contributed by atoms with Crippen LogP contribution in [-0.4, -0.2) is 29.6 Å². The molecule has 2 heterocycles. The van der Waals surface area contributed by atoms with Crippen LogP contribution in [0.5, 0.6) is 5.75 Å². The molecular weight excluding hydrogens is 224 g/mol. The van der Waals surface area contributed by atoms with Gasteiger partial charge in [0.2, 0.25) is 0 Å².